The lowest BCUT2D eigenvalue weighted by atomic mass is 10.2. The minimum atomic E-state index is -0.494. The molecular weight excluding hydrogens is 283 g/mol. The standard InChI is InChI=1S/C14H14ClFN2O2/c1-2-6-17-7-5-13(19)18(14(17)20)9-10-8-11(15)3-4-12(10)16/h3-5,7-8H,2,6,9H2,1H3. The summed E-state index contributed by atoms with van der Waals surface area (Å²) in [4.78, 5) is 23.9. The van der Waals surface area contributed by atoms with Crippen LogP contribution in [0.25, 0.3) is 0 Å². The van der Waals surface area contributed by atoms with Crippen molar-refractivity contribution >= 4 is 11.6 Å². The summed E-state index contributed by atoms with van der Waals surface area (Å²) >= 11 is 5.81. The van der Waals surface area contributed by atoms with Gasteiger partial charge in [0.25, 0.3) is 5.56 Å². The van der Waals surface area contributed by atoms with Crippen LogP contribution in [0.3, 0.4) is 0 Å². The summed E-state index contributed by atoms with van der Waals surface area (Å²) in [5, 5.41) is 0.360. The molecule has 2 rings (SSSR count). The average molecular weight is 297 g/mol. The van der Waals surface area contributed by atoms with Crippen molar-refractivity contribution in [1.82, 2.24) is 9.13 Å². The summed E-state index contributed by atoms with van der Waals surface area (Å²) in [6, 6.07) is 5.36. The number of benzene rings is 1. The first-order valence-corrected chi connectivity index (χ1v) is 6.65. The van der Waals surface area contributed by atoms with Crippen molar-refractivity contribution < 1.29 is 4.39 Å². The average Bonchev–Trinajstić information content (AvgIpc) is 2.42. The van der Waals surface area contributed by atoms with Crippen molar-refractivity contribution in [1.29, 1.82) is 0 Å². The van der Waals surface area contributed by atoms with Crippen molar-refractivity contribution in [2.45, 2.75) is 26.4 Å². The molecule has 0 N–H and O–H groups in total. The third-order valence-corrected chi connectivity index (χ3v) is 3.18. The highest BCUT2D eigenvalue weighted by Crippen LogP contribution is 2.15. The lowest BCUT2D eigenvalue weighted by molar-refractivity contribution is 0.551. The van der Waals surface area contributed by atoms with Crippen LogP contribution < -0.4 is 11.2 Å². The highest BCUT2D eigenvalue weighted by molar-refractivity contribution is 6.30. The van der Waals surface area contributed by atoms with Crippen LogP contribution in [0.4, 0.5) is 4.39 Å². The lowest BCUT2D eigenvalue weighted by Crippen LogP contribution is -2.39. The van der Waals surface area contributed by atoms with Crippen molar-refractivity contribution in [3.05, 3.63) is 67.7 Å². The molecule has 0 unspecified atom stereocenters. The van der Waals surface area contributed by atoms with Gasteiger partial charge >= 0.3 is 5.69 Å². The first-order valence-electron chi connectivity index (χ1n) is 6.27. The topological polar surface area (TPSA) is 44.0 Å². The molecule has 0 fully saturated rings. The van der Waals surface area contributed by atoms with Gasteiger partial charge in [0.05, 0.1) is 6.54 Å². The monoisotopic (exact) mass is 296 g/mol. The molecule has 20 heavy (non-hydrogen) atoms. The number of aromatic nitrogens is 2. The highest BCUT2D eigenvalue weighted by atomic mass is 35.5. The van der Waals surface area contributed by atoms with Gasteiger partial charge in [0.15, 0.2) is 0 Å². The Morgan fingerprint density at radius 2 is 2.00 bits per heavy atom. The normalized spacial score (nSPS) is 10.8. The molecule has 0 saturated heterocycles. The van der Waals surface area contributed by atoms with Crippen LogP contribution >= 0.6 is 11.6 Å². The van der Waals surface area contributed by atoms with Crippen LogP contribution in [-0.4, -0.2) is 9.13 Å². The third-order valence-electron chi connectivity index (χ3n) is 2.94. The molecule has 0 saturated carbocycles. The molecule has 6 heteroatoms. The summed E-state index contributed by atoms with van der Waals surface area (Å²) in [5.74, 6) is -0.494. The first kappa shape index (κ1) is 14.5. The maximum Gasteiger partial charge on any atom is 0.331 e. The van der Waals surface area contributed by atoms with Crippen molar-refractivity contribution in [3.63, 3.8) is 0 Å². The summed E-state index contributed by atoms with van der Waals surface area (Å²) < 4.78 is 16.1. The molecule has 0 radical (unpaired) electrons. The molecule has 1 aromatic carbocycles. The quantitative estimate of drug-likeness (QED) is 0.868. The molecule has 0 aliphatic carbocycles. The van der Waals surface area contributed by atoms with Crippen LogP contribution in [0.1, 0.15) is 18.9 Å². The fourth-order valence-electron chi connectivity index (χ4n) is 1.95. The summed E-state index contributed by atoms with van der Waals surface area (Å²) in [6.45, 7) is 2.31. The number of nitrogens with zero attached hydrogens (tertiary/aromatic N) is 2. The van der Waals surface area contributed by atoms with Gasteiger partial charge in [0, 0.05) is 29.4 Å². The number of hydrogen-bond donors (Lipinski definition) is 0. The highest BCUT2D eigenvalue weighted by Gasteiger charge is 2.09. The third kappa shape index (κ3) is 2.99. The maximum atomic E-state index is 13.7. The number of aryl methyl sites for hydroxylation is 1. The van der Waals surface area contributed by atoms with Gasteiger partial charge in [-0.25, -0.2) is 9.18 Å². The number of rotatable bonds is 4. The van der Waals surface area contributed by atoms with Gasteiger partial charge in [-0.2, -0.15) is 0 Å². The Labute approximate surface area is 120 Å². The van der Waals surface area contributed by atoms with Gasteiger partial charge in [0.2, 0.25) is 0 Å². The fourth-order valence-corrected chi connectivity index (χ4v) is 2.14. The van der Waals surface area contributed by atoms with Crippen molar-refractivity contribution in [2.24, 2.45) is 0 Å². The van der Waals surface area contributed by atoms with E-state index in [1.807, 2.05) is 6.92 Å². The van der Waals surface area contributed by atoms with Crippen LogP contribution in [0.15, 0.2) is 40.1 Å². The van der Waals surface area contributed by atoms with E-state index >= 15 is 0 Å². The minimum Gasteiger partial charge on any atom is -0.300 e. The van der Waals surface area contributed by atoms with Crippen LogP contribution in [0, 0.1) is 5.82 Å². The second-order valence-electron chi connectivity index (χ2n) is 4.45. The smallest absolute Gasteiger partial charge is 0.300 e. The molecular formula is C14H14ClFN2O2. The second kappa shape index (κ2) is 6.05. The van der Waals surface area contributed by atoms with E-state index in [2.05, 4.69) is 0 Å². The van der Waals surface area contributed by atoms with E-state index in [0.29, 0.717) is 11.6 Å². The lowest BCUT2D eigenvalue weighted by Gasteiger charge is -2.10. The molecule has 0 atom stereocenters. The zero-order valence-electron chi connectivity index (χ0n) is 11.0. The Hall–Kier alpha value is -1.88. The molecule has 1 heterocycles. The maximum absolute atomic E-state index is 13.7. The molecule has 0 bridgehead atoms. The van der Waals surface area contributed by atoms with Crippen molar-refractivity contribution in [2.75, 3.05) is 0 Å². The molecule has 4 nitrogen and oxygen atoms in total. The molecule has 0 aliphatic rings. The van der Waals surface area contributed by atoms with E-state index in [4.69, 9.17) is 11.6 Å². The largest absolute Gasteiger partial charge is 0.331 e. The molecule has 0 amide bonds. The summed E-state index contributed by atoms with van der Waals surface area (Å²) in [6.07, 6.45) is 2.22. The van der Waals surface area contributed by atoms with Crippen LogP contribution in [0.2, 0.25) is 5.02 Å². The molecule has 0 aliphatic heterocycles. The summed E-state index contributed by atoms with van der Waals surface area (Å²) in [5.41, 5.74) is -0.689. The Balaban J connectivity index is 2.48. The van der Waals surface area contributed by atoms with Crippen LogP contribution in [-0.2, 0) is 13.1 Å². The number of hydrogen-bond acceptors (Lipinski definition) is 2. The summed E-state index contributed by atoms with van der Waals surface area (Å²) in [7, 11) is 0. The Bertz CT molecular complexity index is 737. The van der Waals surface area contributed by atoms with Gasteiger partial charge in [-0.1, -0.05) is 18.5 Å². The van der Waals surface area contributed by atoms with E-state index in [-0.39, 0.29) is 12.1 Å². The molecule has 1 aromatic heterocycles. The molecule has 0 spiro atoms. The van der Waals surface area contributed by atoms with E-state index in [0.717, 1.165) is 11.0 Å². The molecule has 106 valence electrons. The fraction of sp³-hybridized carbons (Fsp3) is 0.286. The predicted molar refractivity (Wildman–Crippen MR) is 75.8 cm³/mol. The Morgan fingerprint density at radius 1 is 1.25 bits per heavy atom. The van der Waals surface area contributed by atoms with E-state index in [1.54, 1.807) is 0 Å². The first-order chi connectivity index (χ1) is 9.52. The van der Waals surface area contributed by atoms with Gasteiger partial charge in [0.1, 0.15) is 5.82 Å². The van der Waals surface area contributed by atoms with E-state index in [1.165, 1.54) is 35.0 Å². The van der Waals surface area contributed by atoms with Gasteiger partial charge < -0.3 is 4.57 Å². The van der Waals surface area contributed by atoms with Gasteiger partial charge in [-0.3, -0.25) is 9.36 Å². The van der Waals surface area contributed by atoms with E-state index in [9.17, 15) is 14.0 Å². The zero-order chi connectivity index (χ0) is 14.7. The van der Waals surface area contributed by atoms with Gasteiger partial charge in [-0.05, 0) is 24.6 Å². The minimum absolute atomic E-state index is 0.130. The van der Waals surface area contributed by atoms with Gasteiger partial charge in [-0.15, -0.1) is 0 Å². The zero-order valence-corrected chi connectivity index (χ0v) is 11.7. The number of halogens is 2. The SMILES string of the molecule is CCCn1ccc(=O)n(Cc2cc(Cl)ccc2F)c1=O. The Morgan fingerprint density at radius 3 is 2.70 bits per heavy atom. The Kier molecular flexibility index (Phi) is 4.39. The van der Waals surface area contributed by atoms with E-state index < -0.39 is 17.1 Å². The predicted octanol–water partition coefficient (Wildman–Crippen LogP) is 2.26. The second-order valence-corrected chi connectivity index (χ2v) is 4.89. The van der Waals surface area contributed by atoms with Crippen molar-refractivity contribution in [3.8, 4) is 0 Å². The molecule has 2 aromatic rings. The van der Waals surface area contributed by atoms with Crippen LogP contribution in [0.5, 0.6) is 0 Å².